The molecule has 0 spiro atoms. The monoisotopic (exact) mass is 468 g/mol. The van der Waals surface area contributed by atoms with Gasteiger partial charge in [0.05, 0.1) is 7.11 Å². The molecule has 5 aromatic rings. The molecule has 0 saturated heterocycles. The van der Waals surface area contributed by atoms with Crippen LogP contribution in [0.4, 0.5) is 0 Å². The number of methoxy groups -OCH3 is 1. The lowest BCUT2D eigenvalue weighted by Crippen LogP contribution is -2.29. The lowest BCUT2D eigenvalue weighted by atomic mass is 10.0. The van der Waals surface area contributed by atoms with E-state index < -0.39 is 0 Å². The first-order chi connectivity index (χ1) is 16.5. The van der Waals surface area contributed by atoms with Gasteiger partial charge in [-0.05, 0) is 59.2 Å². The van der Waals surface area contributed by atoms with Gasteiger partial charge in [0.2, 0.25) is 5.91 Å². The van der Waals surface area contributed by atoms with E-state index in [0.717, 1.165) is 49.3 Å². The van der Waals surface area contributed by atoms with Crippen molar-refractivity contribution < 1.29 is 9.53 Å². The number of hydrogen-bond donors (Lipinski definition) is 0. The average molecular weight is 469 g/mol. The number of amides is 1. The molecule has 34 heavy (non-hydrogen) atoms. The van der Waals surface area contributed by atoms with E-state index in [9.17, 15) is 4.79 Å². The van der Waals surface area contributed by atoms with Crippen molar-refractivity contribution >= 4 is 39.3 Å². The summed E-state index contributed by atoms with van der Waals surface area (Å²) in [6, 6.07) is 30.3. The second-order valence-electron chi connectivity index (χ2n) is 8.44. The number of carbonyl (C=O) groups is 1. The van der Waals surface area contributed by atoms with E-state index in [-0.39, 0.29) is 12.5 Å². The van der Waals surface area contributed by atoms with Gasteiger partial charge in [-0.3, -0.25) is 4.79 Å². The minimum absolute atomic E-state index is 0.0484. The van der Waals surface area contributed by atoms with E-state index in [2.05, 4.69) is 34.9 Å². The lowest BCUT2D eigenvalue weighted by molar-refractivity contribution is -0.130. The Kier molecular flexibility index (Phi) is 5.99. The van der Waals surface area contributed by atoms with Crippen molar-refractivity contribution in [3.63, 3.8) is 0 Å². The molecule has 170 valence electrons. The van der Waals surface area contributed by atoms with Crippen molar-refractivity contribution in [3.8, 4) is 16.9 Å². The minimum atomic E-state index is 0.0484. The second-order valence-corrected chi connectivity index (χ2v) is 8.88. The largest absolute Gasteiger partial charge is 0.497 e. The first-order valence-corrected chi connectivity index (χ1v) is 11.5. The Hall–Kier alpha value is -3.76. The van der Waals surface area contributed by atoms with Crippen molar-refractivity contribution in [2.45, 2.75) is 13.1 Å². The molecule has 1 amide bonds. The normalized spacial score (nSPS) is 11.1. The molecule has 0 bridgehead atoms. The van der Waals surface area contributed by atoms with Gasteiger partial charge < -0.3 is 14.2 Å². The molecule has 4 nitrogen and oxygen atoms in total. The van der Waals surface area contributed by atoms with Crippen LogP contribution in [0.2, 0.25) is 5.02 Å². The number of rotatable bonds is 6. The van der Waals surface area contributed by atoms with Crippen LogP contribution in [-0.4, -0.2) is 29.5 Å². The Morgan fingerprint density at radius 1 is 0.853 bits per heavy atom. The number of hydrogen-bond acceptors (Lipinski definition) is 2. The second kappa shape index (κ2) is 9.24. The van der Waals surface area contributed by atoms with E-state index >= 15 is 0 Å². The summed E-state index contributed by atoms with van der Waals surface area (Å²) in [5.41, 5.74) is 5.35. The highest BCUT2D eigenvalue weighted by Gasteiger charge is 2.16. The molecule has 4 aromatic carbocycles. The predicted molar refractivity (Wildman–Crippen MR) is 139 cm³/mol. The smallest absolute Gasteiger partial charge is 0.242 e. The summed E-state index contributed by atoms with van der Waals surface area (Å²) in [6.07, 6.45) is 0. The Morgan fingerprint density at radius 3 is 2.38 bits per heavy atom. The molecule has 0 aliphatic rings. The summed E-state index contributed by atoms with van der Waals surface area (Å²) in [4.78, 5) is 15.0. The number of para-hydroxylation sites is 1. The molecular formula is C29H25ClN2O2. The zero-order chi connectivity index (χ0) is 23.7. The molecule has 5 rings (SSSR count). The summed E-state index contributed by atoms with van der Waals surface area (Å²) in [6.45, 7) is 0.790. The van der Waals surface area contributed by atoms with Crippen molar-refractivity contribution in [2.75, 3.05) is 14.2 Å². The van der Waals surface area contributed by atoms with Crippen LogP contribution in [0.3, 0.4) is 0 Å². The maximum atomic E-state index is 13.2. The Morgan fingerprint density at radius 2 is 1.59 bits per heavy atom. The molecule has 1 aromatic heterocycles. The third-order valence-corrected chi connectivity index (χ3v) is 6.47. The maximum absolute atomic E-state index is 13.2. The summed E-state index contributed by atoms with van der Waals surface area (Å²) in [7, 11) is 3.49. The Labute approximate surface area is 203 Å². The fourth-order valence-corrected chi connectivity index (χ4v) is 4.56. The molecule has 0 atom stereocenters. The van der Waals surface area contributed by atoms with Crippen LogP contribution in [0.5, 0.6) is 5.75 Å². The number of likely N-dealkylation sites (N-methyl/N-ethyl adjacent to an activating group) is 1. The third-order valence-electron chi connectivity index (χ3n) is 6.22. The summed E-state index contributed by atoms with van der Waals surface area (Å²) in [5.74, 6) is 0.837. The molecule has 0 N–H and O–H groups in total. The SMILES string of the molecule is COc1cccc(CN(C)C(=O)Cn2c3ccccc3c3cc(-c4ccc(Cl)cc4)ccc32)c1. The molecule has 1 heterocycles. The lowest BCUT2D eigenvalue weighted by Gasteiger charge is -2.19. The molecule has 0 fully saturated rings. The Bertz CT molecular complexity index is 1490. The fraction of sp³-hybridized carbons (Fsp3) is 0.138. The average Bonchev–Trinajstić information content (AvgIpc) is 3.17. The molecular weight excluding hydrogens is 444 g/mol. The number of ether oxygens (including phenoxy) is 1. The molecule has 0 radical (unpaired) electrons. The van der Waals surface area contributed by atoms with Gasteiger partial charge in [-0.2, -0.15) is 0 Å². The van der Waals surface area contributed by atoms with E-state index in [1.165, 1.54) is 0 Å². The van der Waals surface area contributed by atoms with Gasteiger partial charge in [-0.1, -0.05) is 60.1 Å². The van der Waals surface area contributed by atoms with Gasteiger partial charge in [0.15, 0.2) is 0 Å². The van der Waals surface area contributed by atoms with Crippen molar-refractivity contribution in [2.24, 2.45) is 0 Å². The van der Waals surface area contributed by atoms with Gasteiger partial charge in [-0.25, -0.2) is 0 Å². The van der Waals surface area contributed by atoms with Gasteiger partial charge in [0.1, 0.15) is 12.3 Å². The number of fused-ring (bicyclic) bond motifs is 3. The topological polar surface area (TPSA) is 34.5 Å². The summed E-state index contributed by atoms with van der Waals surface area (Å²) >= 11 is 6.07. The molecule has 5 heteroatoms. The fourth-order valence-electron chi connectivity index (χ4n) is 4.43. The molecule has 0 saturated carbocycles. The minimum Gasteiger partial charge on any atom is -0.497 e. The van der Waals surface area contributed by atoms with Crippen LogP contribution in [0, 0.1) is 0 Å². The highest BCUT2D eigenvalue weighted by atomic mass is 35.5. The van der Waals surface area contributed by atoms with Crippen molar-refractivity contribution in [1.82, 2.24) is 9.47 Å². The van der Waals surface area contributed by atoms with E-state index in [1.54, 1.807) is 12.0 Å². The van der Waals surface area contributed by atoms with E-state index in [0.29, 0.717) is 6.54 Å². The highest BCUT2D eigenvalue weighted by Crippen LogP contribution is 2.33. The van der Waals surface area contributed by atoms with Crippen LogP contribution in [0.25, 0.3) is 32.9 Å². The standard InChI is InChI=1S/C29H25ClN2O2/c1-31(18-20-6-5-7-24(16-20)34-2)29(33)19-32-27-9-4-3-8-25(27)26-17-22(12-15-28(26)32)21-10-13-23(30)14-11-21/h3-17H,18-19H2,1-2H3. The summed E-state index contributed by atoms with van der Waals surface area (Å²) in [5, 5.41) is 2.99. The maximum Gasteiger partial charge on any atom is 0.242 e. The van der Waals surface area contributed by atoms with Crippen LogP contribution in [0.15, 0.2) is 91.0 Å². The number of aromatic nitrogens is 1. The van der Waals surface area contributed by atoms with Crippen molar-refractivity contribution in [3.05, 3.63) is 102 Å². The van der Waals surface area contributed by atoms with Crippen LogP contribution in [-0.2, 0) is 17.9 Å². The van der Waals surface area contributed by atoms with Crippen LogP contribution < -0.4 is 4.74 Å². The van der Waals surface area contributed by atoms with Gasteiger partial charge in [0, 0.05) is 40.4 Å². The van der Waals surface area contributed by atoms with Gasteiger partial charge in [0.25, 0.3) is 0 Å². The number of carbonyl (C=O) groups excluding carboxylic acids is 1. The molecule has 0 aliphatic heterocycles. The quantitative estimate of drug-likeness (QED) is 0.275. The highest BCUT2D eigenvalue weighted by molar-refractivity contribution is 6.30. The van der Waals surface area contributed by atoms with E-state index in [1.807, 2.05) is 67.7 Å². The van der Waals surface area contributed by atoms with Crippen LogP contribution >= 0.6 is 11.6 Å². The van der Waals surface area contributed by atoms with E-state index in [4.69, 9.17) is 16.3 Å². The predicted octanol–water partition coefficient (Wildman–Crippen LogP) is 6.78. The van der Waals surface area contributed by atoms with Crippen molar-refractivity contribution in [1.29, 1.82) is 0 Å². The number of benzene rings is 4. The van der Waals surface area contributed by atoms with Gasteiger partial charge in [-0.15, -0.1) is 0 Å². The summed E-state index contributed by atoms with van der Waals surface area (Å²) < 4.78 is 7.42. The van der Waals surface area contributed by atoms with Gasteiger partial charge >= 0.3 is 0 Å². The first kappa shape index (κ1) is 22.1. The molecule has 0 unspecified atom stereocenters. The Balaban J connectivity index is 1.48. The zero-order valence-corrected chi connectivity index (χ0v) is 19.9. The van der Waals surface area contributed by atoms with Crippen LogP contribution in [0.1, 0.15) is 5.56 Å². The molecule has 0 aliphatic carbocycles. The zero-order valence-electron chi connectivity index (χ0n) is 19.2. The first-order valence-electron chi connectivity index (χ1n) is 11.2. The number of halogens is 1. The number of nitrogens with zero attached hydrogens (tertiary/aromatic N) is 2. The third kappa shape index (κ3) is 4.25.